The van der Waals surface area contributed by atoms with Crippen LogP contribution in [0.15, 0.2) is 29.6 Å². The summed E-state index contributed by atoms with van der Waals surface area (Å²) in [6.07, 6.45) is 10.5. The minimum Gasteiger partial charge on any atom is -0.267 e. The molecule has 18 heavy (non-hydrogen) atoms. The van der Waals surface area contributed by atoms with E-state index >= 15 is 0 Å². The van der Waals surface area contributed by atoms with Crippen LogP contribution in [0.2, 0.25) is 0 Å². The van der Waals surface area contributed by atoms with Crippen molar-refractivity contribution in [1.29, 1.82) is 0 Å². The lowest BCUT2D eigenvalue weighted by Crippen LogP contribution is -2.20. The summed E-state index contributed by atoms with van der Waals surface area (Å²) in [6, 6.07) is 3.37. The van der Waals surface area contributed by atoms with E-state index in [2.05, 4.69) is 15.5 Å². The minimum absolute atomic E-state index is 0.170. The first-order valence-corrected chi connectivity index (χ1v) is 6.56. The van der Waals surface area contributed by atoms with E-state index in [1.165, 1.54) is 25.7 Å². The Morgan fingerprint density at radius 2 is 2.17 bits per heavy atom. The largest absolute Gasteiger partial charge is 0.271 e. The summed E-state index contributed by atoms with van der Waals surface area (Å²) >= 11 is 0. The van der Waals surface area contributed by atoms with Crippen LogP contribution < -0.4 is 5.43 Å². The van der Waals surface area contributed by atoms with Crippen LogP contribution in [-0.2, 0) is 0 Å². The van der Waals surface area contributed by atoms with Gasteiger partial charge in [-0.1, -0.05) is 6.42 Å². The molecule has 1 aromatic rings. The molecule has 2 fully saturated rings. The standard InChI is InChI=1S/C14H17N3O/c18-14(11-3-5-15-6-4-11)17-16-9-13-8-10-1-2-12(13)7-10/h3-6,9-10,12-13H,1-2,7-8H2,(H,17,18)/b16-9-/t10-,12+,13+/m0/s1. The topological polar surface area (TPSA) is 54.4 Å². The predicted octanol–water partition coefficient (Wildman–Crippen LogP) is 2.23. The van der Waals surface area contributed by atoms with Gasteiger partial charge in [0, 0.05) is 24.2 Å². The number of hydrogen-bond donors (Lipinski definition) is 1. The van der Waals surface area contributed by atoms with Gasteiger partial charge < -0.3 is 0 Å². The smallest absolute Gasteiger partial charge is 0.267 e. The Balaban J connectivity index is 1.54. The van der Waals surface area contributed by atoms with Crippen molar-refractivity contribution in [2.45, 2.75) is 25.7 Å². The SMILES string of the molecule is O=C(N/N=C\[C@H]1C[C@H]2CC[C@@H]1C2)c1ccncc1. The third-order valence-corrected chi connectivity index (χ3v) is 4.17. The summed E-state index contributed by atoms with van der Waals surface area (Å²) in [6.45, 7) is 0. The van der Waals surface area contributed by atoms with Crippen molar-refractivity contribution in [3.63, 3.8) is 0 Å². The van der Waals surface area contributed by atoms with Gasteiger partial charge >= 0.3 is 0 Å². The number of nitrogens with one attached hydrogen (secondary N) is 1. The molecule has 2 bridgehead atoms. The van der Waals surface area contributed by atoms with Crippen molar-refractivity contribution < 1.29 is 4.79 Å². The highest BCUT2D eigenvalue weighted by molar-refractivity contribution is 5.94. The molecule has 1 aromatic heterocycles. The second-order valence-electron chi connectivity index (χ2n) is 5.29. The number of nitrogens with zero attached hydrogens (tertiary/aromatic N) is 2. The normalized spacial score (nSPS) is 29.9. The number of carbonyl (C=O) groups excluding carboxylic acids is 1. The number of hydrazone groups is 1. The van der Waals surface area contributed by atoms with E-state index in [4.69, 9.17) is 0 Å². The van der Waals surface area contributed by atoms with E-state index in [1.54, 1.807) is 24.5 Å². The average Bonchev–Trinajstić information content (AvgIpc) is 3.02. The number of fused-ring (bicyclic) bond motifs is 2. The summed E-state index contributed by atoms with van der Waals surface area (Å²) in [4.78, 5) is 15.6. The molecule has 0 unspecified atom stereocenters. The fourth-order valence-corrected chi connectivity index (χ4v) is 3.24. The summed E-state index contributed by atoms with van der Waals surface area (Å²) in [5.74, 6) is 2.11. The van der Waals surface area contributed by atoms with E-state index in [0.717, 1.165) is 11.8 Å². The van der Waals surface area contributed by atoms with Crippen LogP contribution in [0.4, 0.5) is 0 Å². The Labute approximate surface area is 107 Å². The number of pyridine rings is 1. The molecule has 4 nitrogen and oxygen atoms in total. The molecule has 1 N–H and O–H groups in total. The Morgan fingerprint density at radius 3 is 2.83 bits per heavy atom. The summed E-state index contributed by atoms with van der Waals surface area (Å²) in [5, 5.41) is 4.10. The molecule has 1 amide bonds. The van der Waals surface area contributed by atoms with Gasteiger partial charge in [0.05, 0.1) is 0 Å². The Morgan fingerprint density at radius 1 is 1.33 bits per heavy atom. The lowest BCUT2D eigenvalue weighted by atomic mass is 9.90. The van der Waals surface area contributed by atoms with Gasteiger partial charge in [0.2, 0.25) is 0 Å². The maximum atomic E-state index is 11.7. The van der Waals surface area contributed by atoms with Gasteiger partial charge in [0.15, 0.2) is 0 Å². The van der Waals surface area contributed by atoms with Gasteiger partial charge in [-0.3, -0.25) is 9.78 Å². The molecule has 0 radical (unpaired) electrons. The lowest BCUT2D eigenvalue weighted by molar-refractivity contribution is 0.0954. The zero-order chi connectivity index (χ0) is 12.4. The molecule has 94 valence electrons. The van der Waals surface area contributed by atoms with Crippen LogP contribution in [-0.4, -0.2) is 17.1 Å². The highest BCUT2D eigenvalue weighted by Crippen LogP contribution is 2.47. The van der Waals surface area contributed by atoms with Crippen molar-refractivity contribution in [3.8, 4) is 0 Å². The second-order valence-corrected chi connectivity index (χ2v) is 5.29. The molecule has 0 saturated heterocycles. The van der Waals surface area contributed by atoms with Gasteiger partial charge in [0.25, 0.3) is 5.91 Å². The first kappa shape index (κ1) is 11.4. The van der Waals surface area contributed by atoms with E-state index in [9.17, 15) is 4.79 Å². The fourth-order valence-electron chi connectivity index (χ4n) is 3.24. The van der Waals surface area contributed by atoms with Crippen LogP contribution >= 0.6 is 0 Å². The van der Waals surface area contributed by atoms with Crippen LogP contribution in [0.25, 0.3) is 0 Å². The van der Waals surface area contributed by atoms with Crippen LogP contribution in [0, 0.1) is 17.8 Å². The minimum atomic E-state index is -0.170. The molecule has 2 saturated carbocycles. The van der Waals surface area contributed by atoms with Crippen LogP contribution in [0.5, 0.6) is 0 Å². The van der Waals surface area contributed by atoms with E-state index in [1.807, 2.05) is 6.21 Å². The Hall–Kier alpha value is -1.71. The Kier molecular flexibility index (Phi) is 3.09. The fraction of sp³-hybridized carbons (Fsp3) is 0.500. The third kappa shape index (κ3) is 2.28. The molecule has 1 heterocycles. The molecule has 2 aliphatic carbocycles. The van der Waals surface area contributed by atoms with Crippen molar-refractivity contribution in [1.82, 2.24) is 10.4 Å². The molecular weight excluding hydrogens is 226 g/mol. The zero-order valence-corrected chi connectivity index (χ0v) is 10.2. The molecular formula is C14H17N3O. The maximum Gasteiger partial charge on any atom is 0.271 e. The highest BCUT2D eigenvalue weighted by atomic mass is 16.2. The summed E-state index contributed by atoms with van der Waals surface area (Å²) < 4.78 is 0. The molecule has 3 atom stereocenters. The predicted molar refractivity (Wildman–Crippen MR) is 69.1 cm³/mol. The van der Waals surface area contributed by atoms with Crippen LogP contribution in [0.3, 0.4) is 0 Å². The highest BCUT2D eigenvalue weighted by Gasteiger charge is 2.38. The zero-order valence-electron chi connectivity index (χ0n) is 10.2. The molecule has 0 aromatic carbocycles. The number of carbonyl (C=O) groups is 1. The van der Waals surface area contributed by atoms with Crippen molar-refractivity contribution in [2.24, 2.45) is 22.9 Å². The van der Waals surface area contributed by atoms with E-state index in [-0.39, 0.29) is 5.91 Å². The molecule has 2 aliphatic rings. The molecule has 4 heteroatoms. The quantitative estimate of drug-likeness (QED) is 0.653. The van der Waals surface area contributed by atoms with Gasteiger partial charge in [-0.05, 0) is 49.1 Å². The van der Waals surface area contributed by atoms with Crippen molar-refractivity contribution >= 4 is 12.1 Å². The van der Waals surface area contributed by atoms with Crippen LogP contribution in [0.1, 0.15) is 36.0 Å². The summed E-state index contributed by atoms with van der Waals surface area (Å²) in [7, 11) is 0. The molecule has 3 rings (SSSR count). The average molecular weight is 243 g/mol. The van der Waals surface area contributed by atoms with Gasteiger partial charge in [-0.15, -0.1) is 0 Å². The first-order chi connectivity index (χ1) is 8.83. The number of amides is 1. The number of rotatable bonds is 3. The maximum absolute atomic E-state index is 11.7. The first-order valence-electron chi connectivity index (χ1n) is 6.56. The summed E-state index contributed by atoms with van der Waals surface area (Å²) in [5.41, 5.74) is 3.18. The van der Waals surface area contributed by atoms with Crippen molar-refractivity contribution in [2.75, 3.05) is 0 Å². The lowest BCUT2D eigenvalue weighted by Gasteiger charge is -2.16. The van der Waals surface area contributed by atoms with E-state index in [0.29, 0.717) is 11.5 Å². The van der Waals surface area contributed by atoms with Crippen molar-refractivity contribution in [3.05, 3.63) is 30.1 Å². The van der Waals surface area contributed by atoms with Gasteiger partial charge in [-0.25, -0.2) is 5.43 Å². The number of aromatic nitrogens is 1. The van der Waals surface area contributed by atoms with Gasteiger partial charge in [-0.2, -0.15) is 5.10 Å². The third-order valence-electron chi connectivity index (χ3n) is 4.17. The second kappa shape index (κ2) is 4.88. The number of hydrogen-bond acceptors (Lipinski definition) is 3. The molecule has 0 spiro atoms. The van der Waals surface area contributed by atoms with E-state index < -0.39 is 0 Å². The Bertz CT molecular complexity index is 457. The van der Waals surface area contributed by atoms with Gasteiger partial charge in [0.1, 0.15) is 0 Å². The monoisotopic (exact) mass is 243 g/mol. The molecule has 0 aliphatic heterocycles.